The molecule has 1 heterocycles. The van der Waals surface area contributed by atoms with Crippen LogP contribution in [0.2, 0.25) is 0 Å². The molecule has 0 aliphatic heterocycles. The molecule has 2 aromatic carbocycles. The Hall–Kier alpha value is -2.44. The van der Waals surface area contributed by atoms with Gasteiger partial charge in [0, 0.05) is 16.9 Å². The summed E-state index contributed by atoms with van der Waals surface area (Å²) in [5.41, 5.74) is 3.44. The predicted molar refractivity (Wildman–Crippen MR) is 97.4 cm³/mol. The quantitative estimate of drug-likeness (QED) is 0.484. The van der Waals surface area contributed by atoms with E-state index in [-0.39, 0.29) is 8.67 Å². The minimum absolute atomic E-state index is 0.00952. The number of hydrogen-bond donors (Lipinski definition) is 0. The summed E-state index contributed by atoms with van der Waals surface area (Å²) in [6, 6.07) is 12.7. The molecule has 0 fully saturated rings. The van der Waals surface area contributed by atoms with Gasteiger partial charge in [0.2, 0.25) is 8.67 Å². The van der Waals surface area contributed by atoms with Crippen LogP contribution in [0.1, 0.15) is 17.7 Å². The first-order chi connectivity index (χ1) is 11.4. The van der Waals surface area contributed by atoms with Crippen molar-refractivity contribution in [2.24, 2.45) is 5.92 Å². The molecule has 3 aromatic rings. The highest BCUT2D eigenvalue weighted by Crippen LogP contribution is 2.43. The summed E-state index contributed by atoms with van der Waals surface area (Å²) < 4.78 is 11.8. The SMILES string of the molecule is C1=CCC2C=Cc3o[pH]oc4ccc5ccccc5c4c3C2=C1. The van der Waals surface area contributed by atoms with Crippen molar-refractivity contribution >= 4 is 42.1 Å². The maximum absolute atomic E-state index is 5.92. The Bertz CT molecular complexity index is 1050. The van der Waals surface area contributed by atoms with Gasteiger partial charge in [-0.2, -0.15) is 0 Å². The van der Waals surface area contributed by atoms with Crippen molar-refractivity contribution in [3.8, 4) is 0 Å². The van der Waals surface area contributed by atoms with Gasteiger partial charge in [-0.15, -0.1) is 0 Å². The fourth-order valence-corrected chi connectivity index (χ4v) is 4.15. The molecule has 2 aliphatic carbocycles. The molecule has 0 spiro atoms. The average Bonchev–Trinajstić information content (AvgIpc) is 2.81. The number of rotatable bonds is 0. The normalized spacial score (nSPS) is 19.0. The van der Waals surface area contributed by atoms with Gasteiger partial charge in [-0.1, -0.05) is 54.6 Å². The standard InChI is InChI=1S/C20H15O2P/c1-3-7-15-13(5-1)9-11-17-19(15)20-16-8-4-2-6-14(16)10-12-18(20)22-23-21-17/h1-5,7-12,14,23H,6H2. The number of fused-ring (bicyclic) bond motifs is 7. The number of hydrogen-bond acceptors (Lipinski definition) is 2. The summed E-state index contributed by atoms with van der Waals surface area (Å²) in [7, 11) is -0.00952. The van der Waals surface area contributed by atoms with Gasteiger partial charge in [-0.3, -0.25) is 0 Å². The lowest BCUT2D eigenvalue weighted by molar-refractivity contribution is 0.617. The fraction of sp³-hybridized carbons (Fsp3) is 0.100. The van der Waals surface area contributed by atoms with Crippen LogP contribution < -0.4 is 0 Å². The molecule has 0 saturated carbocycles. The Morgan fingerprint density at radius 1 is 1.04 bits per heavy atom. The van der Waals surface area contributed by atoms with Gasteiger partial charge < -0.3 is 8.39 Å². The van der Waals surface area contributed by atoms with Crippen molar-refractivity contribution in [2.45, 2.75) is 6.42 Å². The van der Waals surface area contributed by atoms with Crippen LogP contribution >= 0.6 is 8.67 Å². The number of allylic oxidation sites excluding steroid dienone is 5. The topological polar surface area (TPSA) is 26.3 Å². The van der Waals surface area contributed by atoms with Crippen molar-refractivity contribution in [2.75, 3.05) is 0 Å². The summed E-state index contributed by atoms with van der Waals surface area (Å²) in [4.78, 5) is 0. The maximum Gasteiger partial charge on any atom is 0.201 e. The second-order valence-electron chi connectivity index (χ2n) is 5.94. The highest BCUT2D eigenvalue weighted by Gasteiger charge is 2.24. The molecule has 0 radical (unpaired) electrons. The second-order valence-corrected chi connectivity index (χ2v) is 6.51. The zero-order chi connectivity index (χ0) is 15.2. The highest BCUT2D eigenvalue weighted by atomic mass is 31.1. The molecule has 3 heteroatoms. The van der Waals surface area contributed by atoms with Crippen LogP contribution in [0.15, 0.2) is 69.1 Å². The fourth-order valence-electron chi connectivity index (χ4n) is 3.59. The largest absolute Gasteiger partial charge is 0.421 e. The average molecular weight is 318 g/mol. The molecule has 2 unspecified atom stereocenters. The first-order valence-electron chi connectivity index (χ1n) is 7.82. The lowest BCUT2D eigenvalue weighted by atomic mass is 9.81. The van der Waals surface area contributed by atoms with Gasteiger partial charge in [-0.05, 0) is 34.9 Å². The predicted octanol–water partition coefficient (Wildman–Crippen LogP) is 6.32. The van der Waals surface area contributed by atoms with Gasteiger partial charge in [0.15, 0.2) is 0 Å². The monoisotopic (exact) mass is 318 g/mol. The summed E-state index contributed by atoms with van der Waals surface area (Å²) in [6.07, 6.45) is 12.0. The smallest absolute Gasteiger partial charge is 0.201 e. The minimum Gasteiger partial charge on any atom is -0.421 e. The summed E-state index contributed by atoms with van der Waals surface area (Å²) >= 11 is 0. The summed E-state index contributed by atoms with van der Waals surface area (Å²) in [6.45, 7) is 0. The molecule has 5 rings (SSSR count). The van der Waals surface area contributed by atoms with Gasteiger partial charge in [-0.25, -0.2) is 0 Å². The van der Waals surface area contributed by atoms with Crippen molar-refractivity contribution in [1.82, 2.24) is 0 Å². The van der Waals surface area contributed by atoms with Crippen LogP contribution in [-0.4, -0.2) is 0 Å². The van der Waals surface area contributed by atoms with E-state index in [1.54, 1.807) is 0 Å². The zero-order valence-electron chi connectivity index (χ0n) is 12.5. The van der Waals surface area contributed by atoms with Crippen LogP contribution in [0.4, 0.5) is 0 Å². The van der Waals surface area contributed by atoms with Gasteiger partial charge in [0.1, 0.15) is 11.3 Å². The summed E-state index contributed by atoms with van der Waals surface area (Å²) in [5, 5.41) is 3.61. The van der Waals surface area contributed by atoms with Crippen molar-refractivity contribution in [3.63, 3.8) is 0 Å². The molecule has 0 N–H and O–H groups in total. The second kappa shape index (κ2) is 5.04. The van der Waals surface area contributed by atoms with E-state index in [2.05, 4.69) is 66.8 Å². The third-order valence-corrected chi connectivity index (χ3v) is 5.27. The lowest BCUT2D eigenvalue weighted by Gasteiger charge is -2.23. The first kappa shape index (κ1) is 13.0. The van der Waals surface area contributed by atoms with Gasteiger partial charge >= 0.3 is 0 Å². The Morgan fingerprint density at radius 3 is 3.00 bits per heavy atom. The van der Waals surface area contributed by atoms with Crippen LogP contribution in [-0.2, 0) is 0 Å². The van der Waals surface area contributed by atoms with Crippen LogP contribution in [0.3, 0.4) is 0 Å². The maximum atomic E-state index is 5.92. The highest BCUT2D eigenvalue weighted by molar-refractivity contribution is 7.15. The van der Waals surface area contributed by atoms with Gasteiger partial charge in [0.25, 0.3) is 0 Å². The molecule has 0 amide bonds. The Labute approximate surface area is 135 Å². The Balaban J connectivity index is 2.04. The third-order valence-electron chi connectivity index (χ3n) is 4.66. The van der Waals surface area contributed by atoms with Gasteiger partial charge in [0.05, 0.1) is 0 Å². The van der Waals surface area contributed by atoms with E-state index in [4.69, 9.17) is 8.39 Å². The van der Waals surface area contributed by atoms with E-state index in [0.717, 1.165) is 17.8 Å². The van der Waals surface area contributed by atoms with Crippen LogP contribution in [0, 0.1) is 5.92 Å². The zero-order valence-corrected chi connectivity index (χ0v) is 13.5. The molecule has 23 heavy (non-hydrogen) atoms. The van der Waals surface area contributed by atoms with E-state index in [0.29, 0.717) is 5.92 Å². The Kier molecular flexibility index (Phi) is 2.86. The molecule has 0 saturated heterocycles. The molecular weight excluding hydrogens is 303 g/mol. The van der Waals surface area contributed by atoms with Crippen molar-refractivity contribution < 1.29 is 8.39 Å². The number of benzene rings is 2. The molecule has 2 atom stereocenters. The lowest BCUT2D eigenvalue weighted by Crippen LogP contribution is -2.07. The first-order valence-corrected chi connectivity index (χ1v) is 8.64. The molecule has 0 bridgehead atoms. The van der Waals surface area contributed by atoms with Crippen molar-refractivity contribution in [1.29, 1.82) is 0 Å². The van der Waals surface area contributed by atoms with E-state index >= 15 is 0 Å². The minimum atomic E-state index is -0.00952. The molecule has 2 nitrogen and oxygen atoms in total. The van der Waals surface area contributed by atoms with E-state index in [9.17, 15) is 0 Å². The molecule has 112 valence electrons. The van der Waals surface area contributed by atoms with Crippen molar-refractivity contribution in [3.05, 3.63) is 72.0 Å². The van der Waals surface area contributed by atoms with Crippen LogP contribution in [0.25, 0.3) is 33.4 Å². The van der Waals surface area contributed by atoms with E-state index < -0.39 is 0 Å². The third kappa shape index (κ3) is 1.95. The molecule has 2 aliphatic rings. The van der Waals surface area contributed by atoms with E-state index in [1.807, 2.05) is 0 Å². The molecule has 1 aromatic heterocycles. The summed E-state index contributed by atoms with van der Waals surface area (Å²) in [5.74, 6) is 1.35. The molecular formula is C20H15O2P. The Morgan fingerprint density at radius 2 is 2.00 bits per heavy atom. The van der Waals surface area contributed by atoms with Crippen LogP contribution in [0.5, 0.6) is 0 Å². The van der Waals surface area contributed by atoms with E-state index in [1.165, 1.54) is 27.3 Å².